The van der Waals surface area contributed by atoms with Crippen molar-refractivity contribution in [2.75, 3.05) is 25.2 Å². The van der Waals surface area contributed by atoms with Gasteiger partial charge in [0.15, 0.2) is 0 Å². The Morgan fingerprint density at radius 1 is 1.33 bits per heavy atom. The monoisotopic (exact) mass is 250 g/mol. The van der Waals surface area contributed by atoms with Crippen LogP contribution < -0.4 is 10.6 Å². The van der Waals surface area contributed by atoms with E-state index in [0.29, 0.717) is 6.54 Å². The molecule has 1 rings (SSSR count). The summed E-state index contributed by atoms with van der Waals surface area (Å²) in [7, 11) is 1.54. The van der Waals surface area contributed by atoms with Crippen molar-refractivity contribution in [2.24, 2.45) is 5.73 Å². The zero-order valence-electron chi connectivity index (χ0n) is 11.6. The normalized spacial score (nSPS) is 12.3. The maximum atomic E-state index is 12.2. The van der Waals surface area contributed by atoms with Crippen LogP contribution in [0.4, 0.5) is 5.69 Å². The number of hydrogen-bond donors (Lipinski definition) is 1. The first-order valence-electron chi connectivity index (χ1n) is 6.13. The summed E-state index contributed by atoms with van der Waals surface area (Å²) in [4.78, 5) is 13.9. The van der Waals surface area contributed by atoms with Crippen LogP contribution in [0.2, 0.25) is 0 Å². The fourth-order valence-corrected chi connectivity index (χ4v) is 2.02. The molecule has 1 atom stereocenters. The molecule has 0 fully saturated rings. The molecule has 2 N–H and O–H groups in total. The van der Waals surface area contributed by atoms with Gasteiger partial charge in [-0.05, 0) is 44.0 Å². The Morgan fingerprint density at radius 2 is 1.89 bits per heavy atom. The summed E-state index contributed by atoms with van der Waals surface area (Å²) < 4.78 is 4.93. The van der Waals surface area contributed by atoms with Gasteiger partial charge in [0.1, 0.15) is 6.04 Å². The standard InChI is InChI=1S/C14H22N2O2/c1-5-16(14(17)13(15)9-18-4)12-7-10(2)6-11(3)8-12/h6-8,13H,5,9,15H2,1-4H3. The third kappa shape index (κ3) is 3.55. The Labute approximate surface area is 109 Å². The van der Waals surface area contributed by atoms with Gasteiger partial charge in [0, 0.05) is 19.3 Å². The molecule has 0 aliphatic rings. The number of methoxy groups -OCH3 is 1. The number of likely N-dealkylation sites (N-methyl/N-ethyl adjacent to an activating group) is 1. The zero-order chi connectivity index (χ0) is 13.7. The third-order valence-corrected chi connectivity index (χ3v) is 2.76. The number of anilines is 1. The van der Waals surface area contributed by atoms with Gasteiger partial charge in [-0.2, -0.15) is 0 Å². The average molecular weight is 250 g/mol. The zero-order valence-corrected chi connectivity index (χ0v) is 11.6. The van der Waals surface area contributed by atoms with E-state index in [1.165, 1.54) is 0 Å². The summed E-state index contributed by atoms with van der Waals surface area (Å²) in [5.41, 5.74) is 8.97. The van der Waals surface area contributed by atoms with Crippen LogP contribution in [0.3, 0.4) is 0 Å². The van der Waals surface area contributed by atoms with Gasteiger partial charge >= 0.3 is 0 Å². The first-order chi connectivity index (χ1) is 8.49. The van der Waals surface area contributed by atoms with Crippen LogP contribution >= 0.6 is 0 Å². The van der Waals surface area contributed by atoms with Crippen LogP contribution in [0.15, 0.2) is 18.2 Å². The highest BCUT2D eigenvalue weighted by Gasteiger charge is 2.21. The topological polar surface area (TPSA) is 55.6 Å². The highest BCUT2D eigenvalue weighted by atomic mass is 16.5. The predicted octanol–water partition coefficient (Wildman–Crippen LogP) is 1.63. The minimum absolute atomic E-state index is 0.107. The van der Waals surface area contributed by atoms with Crippen LogP contribution in [0.5, 0.6) is 0 Å². The second kappa shape index (κ2) is 6.52. The maximum Gasteiger partial charge on any atom is 0.246 e. The van der Waals surface area contributed by atoms with E-state index in [9.17, 15) is 4.79 Å². The summed E-state index contributed by atoms with van der Waals surface area (Å²) in [6.07, 6.45) is 0. The first kappa shape index (κ1) is 14.7. The number of carbonyl (C=O) groups excluding carboxylic acids is 1. The Hall–Kier alpha value is -1.39. The molecule has 0 bridgehead atoms. The molecule has 1 unspecified atom stereocenters. The van der Waals surface area contributed by atoms with E-state index in [4.69, 9.17) is 10.5 Å². The fraction of sp³-hybridized carbons (Fsp3) is 0.500. The van der Waals surface area contributed by atoms with Crippen molar-refractivity contribution in [2.45, 2.75) is 26.8 Å². The van der Waals surface area contributed by atoms with E-state index in [1.807, 2.05) is 32.9 Å². The molecule has 0 saturated carbocycles. The van der Waals surface area contributed by atoms with E-state index in [-0.39, 0.29) is 12.5 Å². The minimum Gasteiger partial charge on any atom is -0.383 e. The Balaban J connectivity index is 2.98. The van der Waals surface area contributed by atoms with Gasteiger partial charge in [-0.25, -0.2) is 0 Å². The second-order valence-corrected chi connectivity index (χ2v) is 4.49. The number of ether oxygens (including phenoxy) is 1. The minimum atomic E-state index is -0.615. The van der Waals surface area contributed by atoms with Gasteiger partial charge in [-0.15, -0.1) is 0 Å². The number of aryl methyl sites for hydroxylation is 2. The molecule has 1 aromatic carbocycles. The van der Waals surface area contributed by atoms with Crippen LogP contribution in [0, 0.1) is 13.8 Å². The highest BCUT2D eigenvalue weighted by molar-refractivity contribution is 5.97. The van der Waals surface area contributed by atoms with E-state index >= 15 is 0 Å². The molecule has 0 aliphatic carbocycles. The van der Waals surface area contributed by atoms with Crippen LogP contribution in [0.25, 0.3) is 0 Å². The molecule has 100 valence electrons. The molecule has 0 aromatic heterocycles. The van der Waals surface area contributed by atoms with Crippen molar-refractivity contribution in [3.05, 3.63) is 29.3 Å². The fourth-order valence-electron chi connectivity index (χ4n) is 2.02. The number of nitrogens with two attached hydrogens (primary N) is 1. The highest BCUT2D eigenvalue weighted by Crippen LogP contribution is 2.19. The summed E-state index contributed by atoms with van der Waals surface area (Å²) >= 11 is 0. The van der Waals surface area contributed by atoms with Gasteiger partial charge in [0.2, 0.25) is 5.91 Å². The van der Waals surface area contributed by atoms with E-state index < -0.39 is 6.04 Å². The van der Waals surface area contributed by atoms with Crippen molar-refractivity contribution in [3.8, 4) is 0 Å². The number of nitrogens with zero attached hydrogens (tertiary/aromatic N) is 1. The summed E-state index contributed by atoms with van der Waals surface area (Å²) in [6.45, 7) is 6.81. The largest absolute Gasteiger partial charge is 0.383 e. The van der Waals surface area contributed by atoms with Crippen molar-refractivity contribution in [3.63, 3.8) is 0 Å². The van der Waals surface area contributed by atoms with E-state index in [1.54, 1.807) is 12.0 Å². The smallest absolute Gasteiger partial charge is 0.246 e. The molecule has 1 aromatic rings. The second-order valence-electron chi connectivity index (χ2n) is 4.49. The molecular formula is C14H22N2O2. The molecular weight excluding hydrogens is 228 g/mol. The Morgan fingerprint density at radius 3 is 2.33 bits per heavy atom. The molecule has 1 amide bonds. The lowest BCUT2D eigenvalue weighted by molar-refractivity contribution is -0.120. The van der Waals surface area contributed by atoms with Crippen LogP contribution in [-0.4, -0.2) is 32.2 Å². The van der Waals surface area contributed by atoms with Crippen molar-refractivity contribution in [1.29, 1.82) is 0 Å². The first-order valence-corrected chi connectivity index (χ1v) is 6.13. The molecule has 18 heavy (non-hydrogen) atoms. The number of hydrogen-bond acceptors (Lipinski definition) is 3. The molecule has 4 heteroatoms. The van der Waals surface area contributed by atoms with Gasteiger partial charge in [-0.1, -0.05) is 6.07 Å². The Bertz CT molecular complexity index is 398. The van der Waals surface area contributed by atoms with E-state index in [2.05, 4.69) is 6.07 Å². The Kier molecular flexibility index (Phi) is 5.31. The SMILES string of the molecule is CCN(C(=O)C(N)COC)c1cc(C)cc(C)c1. The maximum absolute atomic E-state index is 12.2. The summed E-state index contributed by atoms with van der Waals surface area (Å²) in [5.74, 6) is -0.107. The number of rotatable bonds is 5. The van der Waals surface area contributed by atoms with Gasteiger partial charge in [0.25, 0.3) is 0 Å². The quantitative estimate of drug-likeness (QED) is 0.864. The summed E-state index contributed by atoms with van der Waals surface area (Å²) in [5, 5.41) is 0. The van der Waals surface area contributed by atoms with Gasteiger partial charge in [0.05, 0.1) is 6.61 Å². The molecule has 0 heterocycles. The average Bonchev–Trinajstić information content (AvgIpc) is 2.28. The van der Waals surface area contributed by atoms with Crippen LogP contribution in [0.1, 0.15) is 18.1 Å². The number of benzene rings is 1. The number of amides is 1. The van der Waals surface area contributed by atoms with Crippen LogP contribution in [-0.2, 0) is 9.53 Å². The number of carbonyl (C=O) groups is 1. The van der Waals surface area contributed by atoms with Crippen molar-refractivity contribution >= 4 is 11.6 Å². The van der Waals surface area contributed by atoms with Crippen molar-refractivity contribution in [1.82, 2.24) is 0 Å². The molecule has 0 spiro atoms. The lowest BCUT2D eigenvalue weighted by atomic mass is 10.1. The van der Waals surface area contributed by atoms with Crippen molar-refractivity contribution < 1.29 is 9.53 Å². The lowest BCUT2D eigenvalue weighted by Crippen LogP contribution is -2.46. The predicted molar refractivity (Wildman–Crippen MR) is 73.8 cm³/mol. The summed E-state index contributed by atoms with van der Waals surface area (Å²) in [6, 6.07) is 5.45. The van der Waals surface area contributed by atoms with Gasteiger partial charge in [-0.3, -0.25) is 4.79 Å². The third-order valence-electron chi connectivity index (χ3n) is 2.76. The molecule has 0 aliphatic heterocycles. The molecule has 0 radical (unpaired) electrons. The lowest BCUT2D eigenvalue weighted by Gasteiger charge is -2.25. The van der Waals surface area contributed by atoms with Gasteiger partial charge < -0.3 is 15.4 Å². The van der Waals surface area contributed by atoms with E-state index in [0.717, 1.165) is 16.8 Å². The molecule has 4 nitrogen and oxygen atoms in total. The molecule has 0 saturated heterocycles.